The maximum absolute atomic E-state index is 12.4. The van der Waals surface area contributed by atoms with Gasteiger partial charge in [-0.25, -0.2) is 8.42 Å². The number of benzene rings is 1. The number of phenols is 1. The maximum atomic E-state index is 12.4. The van der Waals surface area contributed by atoms with Gasteiger partial charge in [-0.2, -0.15) is 4.31 Å². The zero-order valence-corrected chi connectivity index (χ0v) is 12.1. The molecule has 1 unspecified atom stereocenters. The van der Waals surface area contributed by atoms with Crippen LogP contribution >= 0.6 is 0 Å². The third-order valence-corrected chi connectivity index (χ3v) is 5.87. The Bertz CT molecular complexity index is 593. The third-order valence-electron chi connectivity index (χ3n) is 3.98. The van der Waals surface area contributed by atoms with Crippen molar-refractivity contribution < 1.29 is 18.3 Å². The lowest BCUT2D eigenvalue weighted by Crippen LogP contribution is -2.39. The van der Waals surface area contributed by atoms with Crippen LogP contribution in [0, 0.1) is 0 Å². The summed E-state index contributed by atoms with van der Waals surface area (Å²) in [6, 6.07) is 5.17. The van der Waals surface area contributed by atoms with E-state index in [0.717, 1.165) is 24.0 Å². The first kappa shape index (κ1) is 13.9. The molecule has 1 saturated heterocycles. The summed E-state index contributed by atoms with van der Waals surface area (Å²) < 4.78 is 31.8. The van der Waals surface area contributed by atoms with Crippen molar-refractivity contribution in [3.63, 3.8) is 0 Å². The van der Waals surface area contributed by atoms with E-state index in [0.29, 0.717) is 26.1 Å². The first-order chi connectivity index (χ1) is 9.54. The lowest BCUT2D eigenvalue weighted by molar-refractivity contribution is 0.126. The molecule has 0 bridgehead atoms. The summed E-state index contributed by atoms with van der Waals surface area (Å²) in [6.45, 7) is 1.52. The number of phenolic OH excluding ortho intramolecular Hbond substituents is 1. The summed E-state index contributed by atoms with van der Waals surface area (Å²) in [5.41, 5.74) is 2.01. The van der Waals surface area contributed by atoms with Crippen LogP contribution in [0.25, 0.3) is 0 Å². The van der Waals surface area contributed by atoms with E-state index in [-0.39, 0.29) is 17.6 Å². The minimum absolute atomic E-state index is 0.0706. The first-order valence-electron chi connectivity index (χ1n) is 6.95. The summed E-state index contributed by atoms with van der Waals surface area (Å²) >= 11 is 0. The van der Waals surface area contributed by atoms with Crippen molar-refractivity contribution in [1.29, 1.82) is 0 Å². The van der Waals surface area contributed by atoms with Crippen molar-refractivity contribution in [3.8, 4) is 5.75 Å². The monoisotopic (exact) mass is 297 g/mol. The summed E-state index contributed by atoms with van der Waals surface area (Å²) in [5.74, 6) is 0.253. The Balaban J connectivity index is 1.75. The fourth-order valence-electron chi connectivity index (χ4n) is 2.87. The SMILES string of the molecule is O=S(=O)(CC1CCCO1)N1CCc2ccc(O)cc2C1. The number of ether oxygens (including phenoxy) is 1. The number of hydrogen-bond acceptors (Lipinski definition) is 4. The van der Waals surface area contributed by atoms with Crippen molar-refractivity contribution in [2.75, 3.05) is 18.9 Å². The molecule has 2 aliphatic heterocycles. The molecule has 6 heteroatoms. The second-order valence-corrected chi connectivity index (χ2v) is 7.46. The Hall–Kier alpha value is -1.11. The molecule has 1 aromatic carbocycles. The summed E-state index contributed by atoms with van der Waals surface area (Å²) in [6.07, 6.45) is 2.30. The Morgan fingerprint density at radius 3 is 2.95 bits per heavy atom. The average Bonchev–Trinajstić information content (AvgIpc) is 2.90. The van der Waals surface area contributed by atoms with E-state index in [1.165, 1.54) is 4.31 Å². The first-order valence-corrected chi connectivity index (χ1v) is 8.56. The van der Waals surface area contributed by atoms with Gasteiger partial charge in [-0.3, -0.25) is 0 Å². The van der Waals surface area contributed by atoms with Gasteiger partial charge in [-0.15, -0.1) is 0 Å². The Morgan fingerprint density at radius 1 is 1.35 bits per heavy atom. The van der Waals surface area contributed by atoms with Crippen LogP contribution in [0.3, 0.4) is 0 Å². The molecule has 0 spiro atoms. The fourth-order valence-corrected chi connectivity index (χ4v) is 4.52. The van der Waals surface area contributed by atoms with Crippen LogP contribution in [-0.4, -0.2) is 42.8 Å². The number of fused-ring (bicyclic) bond motifs is 1. The highest BCUT2D eigenvalue weighted by Crippen LogP contribution is 2.26. The molecule has 0 saturated carbocycles. The van der Waals surface area contributed by atoms with Crippen LogP contribution in [0.2, 0.25) is 0 Å². The molecule has 2 heterocycles. The quantitative estimate of drug-likeness (QED) is 0.912. The molecule has 20 heavy (non-hydrogen) atoms. The van der Waals surface area contributed by atoms with Crippen molar-refractivity contribution in [2.24, 2.45) is 0 Å². The molecule has 1 atom stereocenters. The third kappa shape index (κ3) is 2.82. The van der Waals surface area contributed by atoms with Gasteiger partial charge in [-0.1, -0.05) is 6.07 Å². The van der Waals surface area contributed by atoms with E-state index in [1.54, 1.807) is 12.1 Å². The molecule has 0 aromatic heterocycles. The molecule has 1 fully saturated rings. The predicted molar refractivity (Wildman–Crippen MR) is 75.0 cm³/mol. The summed E-state index contributed by atoms with van der Waals surface area (Å²) in [7, 11) is -3.30. The molecular formula is C14H19NO4S. The Morgan fingerprint density at radius 2 is 2.20 bits per heavy atom. The lowest BCUT2D eigenvalue weighted by Gasteiger charge is -2.29. The van der Waals surface area contributed by atoms with E-state index in [4.69, 9.17) is 4.74 Å². The molecule has 110 valence electrons. The summed E-state index contributed by atoms with van der Waals surface area (Å²) in [4.78, 5) is 0. The van der Waals surface area contributed by atoms with Crippen molar-refractivity contribution in [1.82, 2.24) is 4.31 Å². The number of hydrogen-bond donors (Lipinski definition) is 1. The fraction of sp³-hybridized carbons (Fsp3) is 0.571. The van der Waals surface area contributed by atoms with Gasteiger partial charge in [0.05, 0.1) is 11.9 Å². The molecule has 5 nitrogen and oxygen atoms in total. The normalized spacial score (nSPS) is 23.7. The minimum Gasteiger partial charge on any atom is -0.508 e. The molecule has 0 aliphatic carbocycles. The number of aromatic hydroxyl groups is 1. The Labute approximate surface area is 119 Å². The average molecular weight is 297 g/mol. The topological polar surface area (TPSA) is 66.8 Å². The second kappa shape index (κ2) is 5.35. The van der Waals surface area contributed by atoms with Gasteiger partial charge in [0, 0.05) is 19.7 Å². The lowest BCUT2D eigenvalue weighted by atomic mass is 10.0. The highest BCUT2D eigenvalue weighted by Gasteiger charge is 2.31. The molecular weight excluding hydrogens is 278 g/mol. The number of rotatable bonds is 3. The van der Waals surface area contributed by atoms with Crippen LogP contribution in [0.4, 0.5) is 0 Å². The summed E-state index contributed by atoms with van der Waals surface area (Å²) in [5, 5.41) is 9.52. The van der Waals surface area contributed by atoms with Crippen LogP contribution < -0.4 is 0 Å². The Kier molecular flexibility index (Phi) is 3.70. The van der Waals surface area contributed by atoms with Gasteiger partial charge in [0.2, 0.25) is 10.0 Å². The van der Waals surface area contributed by atoms with Crippen molar-refractivity contribution in [2.45, 2.75) is 31.9 Å². The van der Waals surface area contributed by atoms with Crippen LogP contribution in [0.1, 0.15) is 24.0 Å². The van der Waals surface area contributed by atoms with E-state index < -0.39 is 10.0 Å². The highest BCUT2D eigenvalue weighted by molar-refractivity contribution is 7.89. The van der Waals surface area contributed by atoms with Gasteiger partial charge in [-0.05, 0) is 42.5 Å². The largest absolute Gasteiger partial charge is 0.508 e. The zero-order valence-electron chi connectivity index (χ0n) is 11.3. The van der Waals surface area contributed by atoms with E-state index >= 15 is 0 Å². The van der Waals surface area contributed by atoms with Gasteiger partial charge in [0.25, 0.3) is 0 Å². The van der Waals surface area contributed by atoms with Crippen LogP contribution in [0.5, 0.6) is 5.75 Å². The maximum Gasteiger partial charge on any atom is 0.216 e. The van der Waals surface area contributed by atoms with Gasteiger partial charge < -0.3 is 9.84 Å². The minimum atomic E-state index is -3.30. The smallest absolute Gasteiger partial charge is 0.216 e. The highest BCUT2D eigenvalue weighted by atomic mass is 32.2. The molecule has 0 amide bonds. The van der Waals surface area contributed by atoms with E-state index in [2.05, 4.69) is 0 Å². The number of sulfonamides is 1. The van der Waals surface area contributed by atoms with Crippen LogP contribution in [0.15, 0.2) is 18.2 Å². The van der Waals surface area contributed by atoms with Gasteiger partial charge in [0.1, 0.15) is 5.75 Å². The zero-order chi connectivity index (χ0) is 14.2. The molecule has 1 N–H and O–H groups in total. The molecule has 0 radical (unpaired) electrons. The standard InChI is InChI=1S/C14H19NO4S/c16-13-4-3-11-5-6-15(9-12(11)8-13)20(17,18)10-14-2-1-7-19-14/h3-4,8,14,16H,1-2,5-7,9-10H2. The van der Waals surface area contributed by atoms with E-state index in [9.17, 15) is 13.5 Å². The van der Waals surface area contributed by atoms with Gasteiger partial charge >= 0.3 is 0 Å². The predicted octanol–water partition coefficient (Wildman–Crippen LogP) is 1.26. The van der Waals surface area contributed by atoms with Gasteiger partial charge in [0.15, 0.2) is 0 Å². The second-order valence-electron chi connectivity index (χ2n) is 5.45. The van der Waals surface area contributed by atoms with Crippen LogP contribution in [-0.2, 0) is 27.7 Å². The number of nitrogens with zero attached hydrogens (tertiary/aromatic N) is 1. The van der Waals surface area contributed by atoms with Crippen molar-refractivity contribution in [3.05, 3.63) is 29.3 Å². The molecule has 3 rings (SSSR count). The molecule has 2 aliphatic rings. The molecule has 1 aromatic rings. The van der Waals surface area contributed by atoms with Crippen molar-refractivity contribution >= 4 is 10.0 Å². The van der Waals surface area contributed by atoms with E-state index in [1.807, 2.05) is 6.07 Å².